The lowest BCUT2D eigenvalue weighted by Gasteiger charge is -2.27. The molecule has 11 aromatic rings. The minimum atomic E-state index is -0.401. The van der Waals surface area contributed by atoms with Gasteiger partial charge in [0.15, 0.2) is 0 Å². The molecule has 0 amide bonds. The number of rotatable bonds is 7. The van der Waals surface area contributed by atoms with Gasteiger partial charge in [-0.15, -0.1) is 11.3 Å². The topological polar surface area (TPSA) is 8.17 Å². The van der Waals surface area contributed by atoms with Gasteiger partial charge in [-0.2, -0.15) is 0 Å². The van der Waals surface area contributed by atoms with Crippen molar-refractivity contribution in [2.45, 2.75) is 0 Å². The number of benzene rings is 9. The predicted octanol–water partition coefficient (Wildman–Crippen LogP) is 15.6. The van der Waals surface area contributed by atoms with E-state index >= 15 is 0 Å². The minimum absolute atomic E-state index is 0.185. The third-order valence-corrected chi connectivity index (χ3v) is 12.0. The van der Waals surface area contributed by atoms with Crippen molar-refractivity contribution in [2.24, 2.45) is 0 Å². The number of anilines is 3. The lowest BCUT2D eigenvalue weighted by Crippen LogP contribution is -2.10. The Bertz CT molecular complexity index is 3450. The van der Waals surface area contributed by atoms with Gasteiger partial charge < -0.3 is 9.47 Å². The third kappa shape index (κ3) is 5.71. The van der Waals surface area contributed by atoms with Crippen molar-refractivity contribution < 1.29 is 6.85 Å². The van der Waals surface area contributed by atoms with Crippen LogP contribution in [-0.2, 0) is 0 Å². The fourth-order valence-electron chi connectivity index (χ4n) is 8.31. The van der Waals surface area contributed by atoms with Gasteiger partial charge in [-0.1, -0.05) is 152 Å². The molecule has 57 heavy (non-hydrogen) atoms. The summed E-state index contributed by atoms with van der Waals surface area (Å²) in [6.45, 7) is 0. The molecule has 0 spiro atoms. The Labute approximate surface area is 342 Å². The van der Waals surface area contributed by atoms with Crippen molar-refractivity contribution >= 4 is 70.4 Å². The van der Waals surface area contributed by atoms with E-state index in [1.54, 1.807) is 11.3 Å². The molecule has 0 bridgehead atoms. The first kappa shape index (κ1) is 28.2. The van der Waals surface area contributed by atoms with Gasteiger partial charge in [-0.3, -0.25) is 0 Å². The van der Waals surface area contributed by atoms with Gasteiger partial charge in [0.25, 0.3) is 0 Å². The lowest BCUT2D eigenvalue weighted by molar-refractivity contribution is 1.18. The first-order valence-corrected chi connectivity index (χ1v) is 19.8. The molecule has 0 unspecified atom stereocenters. The second-order valence-corrected chi connectivity index (χ2v) is 15.2. The second-order valence-electron chi connectivity index (χ2n) is 14.1. The van der Waals surface area contributed by atoms with Gasteiger partial charge in [0.2, 0.25) is 0 Å². The summed E-state index contributed by atoms with van der Waals surface area (Å²) in [6, 6.07) is 64.3. The molecule has 11 rings (SSSR count). The summed E-state index contributed by atoms with van der Waals surface area (Å²) in [7, 11) is 0. The highest BCUT2D eigenvalue weighted by atomic mass is 32.1. The quantitative estimate of drug-likeness (QED) is 0.158. The molecule has 0 N–H and O–H groups in total. The van der Waals surface area contributed by atoms with E-state index in [-0.39, 0.29) is 29.7 Å². The summed E-state index contributed by atoms with van der Waals surface area (Å²) in [6.07, 6.45) is 0. The van der Waals surface area contributed by atoms with E-state index in [0.717, 1.165) is 50.4 Å². The van der Waals surface area contributed by atoms with Crippen molar-refractivity contribution in [3.63, 3.8) is 0 Å². The minimum Gasteiger partial charge on any atom is -0.310 e. The molecule has 0 radical (unpaired) electrons. The Morgan fingerprint density at radius 1 is 0.421 bits per heavy atom. The van der Waals surface area contributed by atoms with Crippen molar-refractivity contribution in [1.82, 2.24) is 4.57 Å². The van der Waals surface area contributed by atoms with Crippen LogP contribution >= 0.6 is 11.3 Å². The smallest absolute Gasteiger partial charge is 0.0629 e. The molecule has 2 heterocycles. The average Bonchev–Trinajstić information content (AvgIpc) is 3.88. The van der Waals surface area contributed by atoms with Gasteiger partial charge in [0.05, 0.1) is 29.3 Å². The molecule has 2 nitrogen and oxygen atoms in total. The summed E-state index contributed by atoms with van der Waals surface area (Å²) >= 11 is 1.77. The van der Waals surface area contributed by atoms with E-state index in [4.69, 9.17) is 6.85 Å². The van der Waals surface area contributed by atoms with Gasteiger partial charge in [-0.25, -0.2) is 0 Å². The SMILES string of the molecule is [2H]c1c([2H])c([2H])c(-c2ccc(N(c3ccc(-c4cccc(-c5ccccc5-n5c6ccccc6c6ccccc65)c4)cc3)c3cccc4sc5ccccc5c34)cc2)c([2H])c1[2H]. The van der Waals surface area contributed by atoms with Gasteiger partial charge in [0, 0.05) is 47.9 Å². The predicted molar refractivity (Wildman–Crippen MR) is 245 cm³/mol. The van der Waals surface area contributed by atoms with Crippen molar-refractivity contribution in [3.05, 3.63) is 218 Å². The van der Waals surface area contributed by atoms with Gasteiger partial charge in [-0.05, 0) is 94.5 Å². The van der Waals surface area contributed by atoms with Crippen LogP contribution in [0.15, 0.2) is 218 Å². The summed E-state index contributed by atoms with van der Waals surface area (Å²) in [5, 5.41) is 4.79. The number of thiophene rings is 1. The van der Waals surface area contributed by atoms with E-state index in [0.29, 0.717) is 5.56 Å². The molecule has 3 heteroatoms. The molecule has 0 aliphatic heterocycles. The Morgan fingerprint density at radius 2 is 0.982 bits per heavy atom. The van der Waals surface area contributed by atoms with E-state index in [9.17, 15) is 0 Å². The Morgan fingerprint density at radius 3 is 1.70 bits per heavy atom. The van der Waals surface area contributed by atoms with E-state index in [1.807, 2.05) is 24.3 Å². The number of hydrogen-bond donors (Lipinski definition) is 0. The Hall–Kier alpha value is -7.20. The zero-order valence-corrected chi connectivity index (χ0v) is 31.5. The van der Waals surface area contributed by atoms with Crippen LogP contribution in [0.25, 0.3) is 81.0 Å². The third-order valence-electron chi connectivity index (χ3n) is 10.9. The molecule has 268 valence electrons. The van der Waals surface area contributed by atoms with E-state index in [1.165, 1.54) is 36.6 Å². The average molecular weight is 750 g/mol. The van der Waals surface area contributed by atoms with Crippen LogP contribution < -0.4 is 4.90 Å². The van der Waals surface area contributed by atoms with Crippen LogP contribution in [-0.4, -0.2) is 4.57 Å². The number of hydrogen-bond acceptors (Lipinski definition) is 2. The fraction of sp³-hybridized carbons (Fsp3) is 0. The van der Waals surface area contributed by atoms with Crippen LogP contribution in [0.4, 0.5) is 17.1 Å². The summed E-state index contributed by atoms with van der Waals surface area (Å²) < 4.78 is 46.6. The molecule has 9 aromatic carbocycles. The first-order valence-electron chi connectivity index (χ1n) is 21.5. The molecule has 0 atom stereocenters. The van der Waals surface area contributed by atoms with Crippen LogP contribution in [0.1, 0.15) is 6.85 Å². The molecule has 2 aromatic heterocycles. The Balaban J connectivity index is 1.01. The van der Waals surface area contributed by atoms with Gasteiger partial charge >= 0.3 is 0 Å². The van der Waals surface area contributed by atoms with E-state index < -0.39 is 6.04 Å². The number of nitrogens with zero attached hydrogens (tertiary/aromatic N) is 2. The molecule has 0 saturated carbocycles. The zero-order chi connectivity index (χ0) is 42.1. The van der Waals surface area contributed by atoms with Crippen molar-refractivity contribution in [1.29, 1.82) is 0 Å². The summed E-state index contributed by atoms with van der Waals surface area (Å²) in [5.74, 6) is 0. The molecule has 0 aliphatic carbocycles. The highest BCUT2D eigenvalue weighted by Crippen LogP contribution is 2.45. The molecular weight excluding hydrogens is 709 g/mol. The number of fused-ring (bicyclic) bond motifs is 6. The zero-order valence-electron chi connectivity index (χ0n) is 35.7. The van der Waals surface area contributed by atoms with Crippen LogP contribution in [0.3, 0.4) is 0 Å². The van der Waals surface area contributed by atoms with Crippen LogP contribution in [0.2, 0.25) is 0 Å². The summed E-state index contributed by atoms with van der Waals surface area (Å²) in [5.41, 5.74) is 11.5. The monoisotopic (exact) mass is 749 g/mol. The van der Waals surface area contributed by atoms with Gasteiger partial charge in [0.1, 0.15) is 0 Å². The van der Waals surface area contributed by atoms with Crippen molar-refractivity contribution in [3.8, 4) is 39.1 Å². The molecular formula is C54H36N2S. The highest BCUT2D eigenvalue weighted by Gasteiger charge is 2.19. The normalized spacial score (nSPS) is 12.7. The summed E-state index contributed by atoms with van der Waals surface area (Å²) in [4.78, 5) is 2.25. The first-order chi connectivity index (χ1) is 30.4. The fourth-order valence-corrected chi connectivity index (χ4v) is 9.43. The molecule has 0 saturated heterocycles. The van der Waals surface area contributed by atoms with Crippen LogP contribution in [0, 0.1) is 0 Å². The maximum absolute atomic E-state index is 8.60. The number of aromatic nitrogens is 1. The lowest BCUT2D eigenvalue weighted by atomic mass is 9.97. The standard InChI is InChI=1S/C54H36N2S/c1-2-14-37(15-3-1)38-28-32-42(33-29-38)55(51-25-13-27-53-54(51)47-21-7-11-26-52(47)57-53)43-34-30-39(31-35-43)40-16-12-17-41(36-40)44-18-4-8-22-48(44)56-49-23-9-5-19-45(49)46-20-6-10-24-50(46)56/h1-36H/i1D,2D,3D,14D,15D. The largest absolute Gasteiger partial charge is 0.310 e. The van der Waals surface area contributed by atoms with Crippen LogP contribution in [0.5, 0.6) is 0 Å². The number of para-hydroxylation sites is 3. The maximum Gasteiger partial charge on any atom is 0.0629 e. The second kappa shape index (κ2) is 13.8. The molecule has 0 aliphatic rings. The highest BCUT2D eigenvalue weighted by molar-refractivity contribution is 7.26. The Kier molecular flexibility index (Phi) is 6.85. The van der Waals surface area contributed by atoms with E-state index in [2.05, 4.69) is 173 Å². The maximum atomic E-state index is 8.60. The molecule has 0 fully saturated rings. The van der Waals surface area contributed by atoms with Crippen molar-refractivity contribution in [2.75, 3.05) is 4.90 Å².